The third-order valence-electron chi connectivity index (χ3n) is 5.39. The van der Waals surface area contributed by atoms with Gasteiger partial charge in [0.2, 0.25) is 5.91 Å². The van der Waals surface area contributed by atoms with Crippen LogP contribution in [0.3, 0.4) is 0 Å². The van der Waals surface area contributed by atoms with E-state index in [0.717, 1.165) is 35.6 Å². The Morgan fingerprint density at radius 2 is 1.78 bits per heavy atom. The normalized spacial score (nSPS) is 10.8. The fourth-order valence-electron chi connectivity index (χ4n) is 3.56. The van der Waals surface area contributed by atoms with Crippen LogP contribution in [0.1, 0.15) is 32.3 Å². The lowest BCUT2D eigenvalue weighted by molar-refractivity contribution is -0.116. The van der Waals surface area contributed by atoms with E-state index in [1.54, 1.807) is 18.2 Å². The summed E-state index contributed by atoms with van der Waals surface area (Å²) >= 11 is 5.94. The molecule has 7 heteroatoms. The number of hydrogen-bond donors (Lipinski definition) is 1. The number of halogens is 1. The minimum Gasteiger partial charge on any atom is -0.372 e. The molecule has 0 aliphatic carbocycles. The fourth-order valence-corrected chi connectivity index (χ4v) is 3.69. The molecule has 1 N–H and O–H groups in total. The second kappa shape index (κ2) is 11.0. The molecular formula is C25H29ClN4O2. The van der Waals surface area contributed by atoms with Gasteiger partial charge in [0.05, 0.1) is 5.69 Å². The van der Waals surface area contributed by atoms with Crippen LogP contribution in [-0.2, 0) is 11.3 Å². The maximum absolute atomic E-state index is 12.4. The van der Waals surface area contributed by atoms with Crippen LogP contribution in [0.25, 0.3) is 11.3 Å². The number of nitrogens with zero attached hydrogens (tertiary/aromatic N) is 3. The summed E-state index contributed by atoms with van der Waals surface area (Å²) in [5, 5.41) is 8.06. The van der Waals surface area contributed by atoms with Crippen LogP contribution in [0.4, 0.5) is 11.4 Å². The number of benzene rings is 2. The molecule has 1 amide bonds. The lowest BCUT2D eigenvalue weighted by atomic mass is 10.1. The first-order valence-corrected chi connectivity index (χ1v) is 11.3. The van der Waals surface area contributed by atoms with Crippen LogP contribution in [0, 0.1) is 6.92 Å². The molecule has 6 nitrogen and oxygen atoms in total. The molecule has 0 saturated carbocycles. The molecule has 0 saturated heterocycles. The molecular weight excluding hydrogens is 424 g/mol. The summed E-state index contributed by atoms with van der Waals surface area (Å²) in [5.74, 6) is -0.0782. The largest absolute Gasteiger partial charge is 0.372 e. The molecule has 1 aromatic heterocycles. The van der Waals surface area contributed by atoms with Crippen molar-refractivity contribution in [2.75, 3.05) is 23.3 Å². The van der Waals surface area contributed by atoms with Crippen LogP contribution in [0.15, 0.2) is 59.4 Å². The van der Waals surface area contributed by atoms with Crippen molar-refractivity contribution in [3.05, 3.63) is 75.5 Å². The Labute approximate surface area is 193 Å². The van der Waals surface area contributed by atoms with Crippen molar-refractivity contribution < 1.29 is 4.79 Å². The lowest BCUT2D eigenvalue weighted by Crippen LogP contribution is -2.23. The number of rotatable bonds is 9. The van der Waals surface area contributed by atoms with Crippen molar-refractivity contribution in [2.24, 2.45) is 0 Å². The summed E-state index contributed by atoms with van der Waals surface area (Å²) in [7, 11) is 0. The van der Waals surface area contributed by atoms with Crippen molar-refractivity contribution in [1.29, 1.82) is 0 Å². The highest BCUT2D eigenvalue weighted by molar-refractivity contribution is 6.30. The van der Waals surface area contributed by atoms with Gasteiger partial charge in [-0.3, -0.25) is 9.59 Å². The summed E-state index contributed by atoms with van der Waals surface area (Å²) in [6, 6.07) is 16.6. The molecule has 0 aliphatic rings. The van der Waals surface area contributed by atoms with Gasteiger partial charge in [0.25, 0.3) is 5.56 Å². The van der Waals surface area contributed by atoms with E-state index in [4.69, 9.17) is 11.6 Å². The number of carbonyl (C=O) groups excluding carboxylic acids is 1. The number of amides is 1. The average molecular weight is 453 g/mol. The van der Waals surface area contributed by atoms with Gasteiger partial charge in [-0.2, -0.15) is 5.10 Å². The molecule has 168 valence electrons. The zero-order valence-corrected chi connectivity index (χ0v) is 19.5. The van der Waals surface area contributed by atoms with Crippen LogP contribution in [0.2, 0.25) is 5.02 Å². The zero-order valence-electron chi connectivity index (χ0n) is 18.8. The topological polar surface area (TPSA) is 67.2 Å². The smallest absolute Gasteiger partial charge is 0.266 e. The lowest BCUT2D eigenvalue weighted by Gasteiger charge is -2.22. The van der Waals surface area contributed by atoms with Gasteiger partial charge in [0.15, 0.2) is 0 Å². The molecule has 0 spiro atoms. The number of anilines is 2. The van der Waals surface area contributed by atoms with E-state index in [-0.39, 0.29) is 11.5 Å². The number of carbonyl (C=O) groups is 1. The van der Waals surface area contributed by atoms with Crippen LogP contribution in [-0.4, -0.2) is 28.8 Å². The molecule has 2 aromatic carbocycles. The first-order chi connectivity index (χ1) is 15.4. The maximum Gasteiger partial charge on any atom is 0.266 e. The van der Waals surface area contributed by atoms with Gasteiger partial charge in [-0.1, -0.05) is 23.7 Å². The molecule has 3 rings (SSSR count). The highest BCUT2D eigenvalue weighted by Crippen LogP contribution is 2.23. The van der Waals surface area contributed by atoms with Crippen molar-refractivity contribution in [3.8, 4) is 11.3 Å². The molecule has 0 radical (unpaired) electrons. The first-order valence-electron chi connectivity index (χ1n) is 10.9. The van der Waals surface area contributed by atoms with Crippen LogP contribution in [0.5, 0.6) is 0 Å². The molecule has 1 heterocycles. The van der Waals surface area contributed by atoms with Gasteiger partial charge in [0.1, 0.15) is 0 Å². The third-order valence-corrected chi connectivity index (χ3v) is 5.65. The molecule has 3 aromatic rings. The van der Waals surface area contributed by atoms with Crippen molar-refractivity contribution in [1.82, 2.24) is 9.78 Å². The predicted octanol–water partition coefficient (Wildman–Crippen LogP) is 5.14. The van der Waals surface area contributed by atoms with Gasteiger partial charge in [0, 0.05) is 54.1 Å². The quantitative estimate of drug-likeness (QED) is 0.488. The summed E-state index contributed by atoms with van der Waals surface area (Å²) < 4.78 is 1.40. The minimum atomic E-state index is -0.189. The zero-order chi connectivity index (χ0) is 23.1. The average Bonchev–Trinajstić information content (AvgIpc) is 2.78. The third kappa shape index (κ3) is 5.98. The highest BCUT2D eigenvalue weighted by atomic mass is 35.5. The van der Waals surface area contributed by atoms with Gasteiger partial charge in [-0.05, 0) is 69.2 Å². The minimum absolute atomic E-state index is 0.0782. The van der Waals surface area contributed by atoms with Crippen LogP contribution < -0.4 is 15.8 Å². The second-order valence-corrected chi connectivity index (χ2v) is 8.05. The van der Waals surface area contributed by atoms with Gasteiger partial charge in [-0.15, -0.1) is 0 Å². The van der Waals surface area contributed by atoms with E-state index in [9.17, 15) is 9.59 Å². The summed E-state index contributed by atoms with van der Waals surface area (Å²) in [5.41, 5.74) is 4.36. The Morgan fingerprint density at radius 3 is 2.44 bits per heavy atom. The van der Waals surface area contributed by atoms with Gasteiger partial charge < -0.3 is 10.2 Å². The van der Waals surface area contributed by atoms with Gasteiger partial charge >= 0.3 is 0 Å². The van der Waals surface area contributed by atoms with Crippen molar-refractivity contribution in [3.63, 3.8) is 0 Å². The molecule has 0 fully saturated rings. The summed E-state index contributed by atoms with van der Waals surface area (Å²) in [6.45, 7) is 8.49. The molecule has 0 bridgehead atoms. The van der Waals surface area contributed by atoms with E-state index in [2.05, 4.69) is 35.2 Å². The maximum atomic E-state index is 12.4. The molecule has 0 unspecified atom stereocenters. The number of nitrogens with one attached hydrogen (secondary N) is 1. The number of hydrogen-bond acceptors (Lipinski definition) is 4. The summed E-state index contributed by atoms with van der Waals surface area (Å²) in [4.78, 5) is 26.9. The molecule has 0 aliphatic heterocycles. The Hall–Kier alpha value is -3.12. The fraction of sp³-hybridized carbons (Fsp3) is 0.320. The van der Waals surface area contributed by atoms with Crippen molar-refractivity contribution in [2.45, 2.75) is 40.2 Å². The molecule has 0 atom stereocenters. The number of aryl methyl sites for hydroxylation is 2. The Bertz CT molecular complexity index is 1120. The predicted molar refractivity (Wildman–Crippen MR) is 132 cm³/mol. The Kier molecular flexibility index (Phi) is 8.06. The first kappa shape index (κ1) is 23.5. The SMILES string of the molecule is CCN(CC)c1ccc(NC(=O)CCCn2nc(-c3ccc(Cl)cc3)ccc2=O)c(C)c1. The van der Waals surface area contributed by atoms with Crippen LogP contribution >= 0.6 is 11.6 Å². The van der Waals surface area contributed by atoms with E-state index in [1.807, 2.05) is 31.2 Å². The standard InChI is InChI=1S/C25H29ClN4O2/c1-4-29(5-2)21-12-13-22(18(3)17-21)27-24(31)7-6-16-30-25(32)15-14-23(28-30)19-8-10-20(26)11-9-19/h8-15,17H,4-7,16H2,1-3H3,(H,27,31). The number of aromatic nitrogens is 2. The van der Waals surface area contributed by atoms with E-state index in [1.165, 1.54) is 10.7 Å². The van der Waals surface area contributed by atoms with Crippen molar-refractivity contribution >= 4 is 28.9 Å². The van der Waals surface area contributed by atoms with E-state index in [0.29, 0.717) is 30.1 Å². The highest BCUT2D eigenvalue weighted by Gasteiger charge is 2.09. The molecule has 32 heavy (non-hydrogen) atoms. The Morgan fingerprint density at radius 1 is 1.06 bits per heavy atom. The van der Waals surface area contributed by atoms with E-state index >= 15 is 0 Å². The van der Waals surface area contributed by atoms with Gasteiger partial charge in [-0.25, -0.2) is 4.68 Å². The van der Waals surface area contributed by atoms with E-state index < -0.39 is 0 Å². The monoisotopic (exact) mass is 452 g/mol. The summed E-state index contributed by atoms with van der Waals surface area (Å²) in [6.07, 6.45) is 0.815. The Balaban J connectivity index is 1.59. The second-order valence-electron chi connectivity index (χ2n) is 7.61.